The number of aliphatic hydroxyl groups is 1. The van der Waals surface area contributed by atoms with Crippen molar-refractivity contribution >= 4 is 38.7 Å². The van der Waals surface area contributed by atoms with E-state index in [9.17, 15) is 13.5 Å². The number of rotatable bonds is 3. The number of nitrogens with two attached hydrogens (primary N) is 1. The van der Waals surface area contributed by atoms with Crippen molar-refractivity contribution in [2.75, 3.05) is 12.0 Å². The SMILES string of the molecule is CS(=O)(=O)C(Cl)(Cl)[C@H](O)c1cccc(N)c1. The highest BCUT2D eigenvalue weighted by Gasteiger charge is 2.44. The van der Waals surface area contributed by atoms with Gasteiger partial charge in [-0.05, 0) is 17.7 Å². The van der Waals surface area contributed by atoms with E-state index >= 15 is 0 Å². The Morgan fingerprint density at radius 2 is 2.00 bits per heavy atom. The standard InChI is InChI=1S/C9H11Cl2NO3S/c1-16(14,15)9(10,11)8(13)6-3-2-4-7(12)5-6/h2-5,8,13H,12H2,1H3/t8-/m1/s1. The van der Waals surface area contributed by atoms with Crippen LogP contribution in [0.5, 0.6) is 0 Å². The number of hydrogen-bond acceptors (Lipinski definition) is 4. The summed E-state index contributed by atoms with van der Waals surface area (Å²) in [6.45, 7) is 0. The summed E-state index contributed by atoms with van der Waals surface area (Å²) in [6, 6.07) is 6.07. The number of anilines is 1. The molecule has 0 amide bonds. The van der Waals surface area contributed by atoms with Crippen molar-refractivity contribution in [1.82, 2.24) is 0 Å². The Morgan fingerprint density at radius 1 is 1.44 bits per heavy atom. The molecule has 0 aromatic heterocycles. The molecule has 0 saturated heterocycles. The van der Waals surface area contributed by atoms with Crippen LogP contribution in [0.2, 0.25) is 0 Å². The van der Waals surface area contributed by atoms with Gasteiger partial charge in [-0.25, -0.2) is 8.42 Å². The third-order valence-electron chi connectivity index (χ3n) is 2.04. The molecule has 1 aromatic carbocycles. The Hall–Kier alpha value is -0.490. The van der Waals surface area contributed by atoms with Gasteiger partial charge in [-0.15, -0.1) is 0 Å². The van der Waals surface area contributed by atoms with Gasteiger partial charge in [0.15, 0.2) is 9.84 Å². The molecular formula is C9H11Cl2NO3S. The van der Waals surface area contributed by atoms with Crippen LogP contribution in [-0.4, -0.2) is 23.4 Å². The lowest BCUT2D eigenvalue weighted by molar-refractivity contribution is 0.181. The van der Waals surface area contributed by atoms with Crippen LogP contribution < -0.4 is 5.73 Å². The van der Waals surface area contributed by atoms with Crippen LogP contribution in [0.15, 0.2) is 24.3 Å². The summed E-state index contributed by atoms with van der Waals surface area (Å²) >= 11 is 11.3. The summed E-state index contributed by atoms with van der Waals surface area (Å²) in [7, 11) is -3.82. The molecule has 0 fully saturated rings. The van der Waals surface area contributed by atoms with Crippen molar-refractivity contribution in [3.63, 3.8) is 0 Å². The van der Waals surface area contributed by atoms with E-state index in [1.165, 1.54) is 12.1 Å². The minimum Gasteiger partial charge on any atom is -0.399 e. The zero-order chi connectivity index (χ0) is 12.6. The maximum Gasteiger partial charge on any atom is 0.247 e. The minimum absolute atomic E-state index is 0.246. The van der Waals surface area contributed by atoms with Crippen LogP contribution in [0, 0.1) is 0 Å². The summed E-state index contributed by atoms with van der Waals surface area (Å²) < 4.78 is 20.3. The van der Waals surface area contributed by atoms with E-state index in [0.717, 1.165) is 6.26 Å². The van der Waals surface area contributed by atoms with Crippen LogP contribution in [0.25, 0.3) is 0 Å². The van der Waals surface area contributed by atoms with E-state index in [1.54, 1.807) is 12.1 Å². The smallest absolute Gasteiger partial charge is 0.247 e. The Balaban J connectivity index is 3.17. The zero-order valence-corrected chi connectivity index (χ0v) is 10.7. The molecular weight excluding hydrogens is 273 g/mol. The molecule has 0 radical (unpaired) electrons. The number of benzene rings is 1. The molecule has 0 unspecified atom stereocenters. The molecule has 7 heteroatoms. The zero-order valence-electron chi connectivity index (χ0n) is 8.39. The van der Waals surface area contributed by atoms with Crippen molar-refractivity contribution in [3.8, 4) is 0 Å². The molecule has 0 aliphatic carbocycles. The van der Waals surface area contributed by atoms with Gasteiger partial charge in [0.2, 0.25) is 3.67 Å². The first-order chi connectivity index (χ1) is 7.16. The highest BCUT2D eigenvalue weighted by Crippen LogP contribution is 2.40. The summed E-state index contributed by atoms with van der Waals surface area (Å²) in [5.41, 5.74) is 6.13. The van der Waals surface area contributed by atoms with Gasteiger partial charge < -0.3 is 10.8 Å². The van der Waals surface area contributed by atoms with Gasteiger partial charge >= 0.3 is 0 Å². The fraction of sp³-hybridized carbons (Fsp3) is 0.333. The average Bonchev–Trinajstić information content (AvgIpc) is 2.14. The molecule has 0 aliphatic rings. The van der Waals surface area contributed by atoms with E-state index < -0.39 is 19.6 Å². The van der Waals surface area contributed by atoms with Gasteiger partial charge in [0.05, 0.1) is 0 Å². The Kier molecular flexibility index (Phi) is 3.74. The fourth-order valence-electron chi connectivity index (χ4n) is 1.13. The number of nitrogen functional groups attached to an aromatic ring is 1. The van der Waals surface area contributed by atoms with Gasteiger partial charge in [-0.3, -0.25) is 0 Å². The van der Waals surface area contributed by atoms with E-state index in [0.29, 0.717) is 5.69 Å². The Labute approximate surface area is 104 Å². The topological polar surface area (TPSA) is 80.4 Å². The van der Waals surface area contributed by atoms with Crippen molar-refractivity contribution < 1.29 is 13.5 Å². The third kappa shape index (κ3) is 2.60. The third-order valence-corrected chi connectivity index (χ3v) is 5.35. The maximum absolute atomic E-state index is 11.3. The quantitative estimate of drug-likeness (QED) is 0.650. The van der Waals surface area contributed by atoms with Crippen LogP contribution in [0.4, 0.5) is 5.69 Å². The van der Waals surface area contributed by atoms with Gasteiger partial charge in [0.1, 0.15) is 6.10 Å². The number of sulfone groups is 1. The number of alkyl halides is 2. The largest absolute Gasteiger partial charge is 0.399 e. The molecule has 1 rings (SSSR count). The first-order valence-electron chi connectivity index (χ1n) is 4.27. The first-order valence-corrected chi connectivity index (χ1v) is 6.92. The van der Waals surface area contributed by atoms with Gasteiger partial charge in [0.25, 0.3) is 0 Å². The molecule has 0 aliphatic heterocycles. The molecule has 4 nitrogen and oxygen atoms in total. The monoisotopic (exact) mass is 283 g/mol. The predicted octanol–water partition coefficient (Wildman–Crippen LogP) is 1.48. The van der Waals surface area contributed by atoms with Crippen LogP contribution >= 0.6 is 23.2 Å². The van der Waals surface area contributed by atoms with Crippen molar-refractivity contribution in [1.29, 1.82) is 0 Å². The summed E-state index contributed by atoms with van der Waals surface area (Å²) in [5, 5.41) is 9.81. The first kappa shape index (κ1) is 13.6. The lowest BCUT2D eigenvalue weighted by Crippen LogP contribution is -2.32. The molecule has 1 atom stereocenters. The van der Waals surface area contributed by atoms with Crippen LogP contribution in [0.3, 0.4) is 0 Å². The molecule has 3 N–H and O–H groups in total. The normalized spacial score (nSPS) is 14.8. The molecule has 0 bridgehead atoms. The van der Waals surface area contributed by atoms with E-state index in [-0.39, 0.29) is 5.56 Å². The maximum atomic E-state index is 11.3. The molecule has 1 aromatic rings. The van der Waals surface area contributed by atoms with Crippen molar-refractivity contribution in [2.24, 2.45) is 0 Å². The minimum atomic E-state index is -3.82. The molecule has 0 spiro atoms. The van der Waals surface area contributed by atoms with Crippen LogP contribution in [-0.2, 0) is 9.84 Å². The van der Waals surface area contributed by atoms with E-state index in [1.807, 2.05) is 0 Å². The van der Waals surface area contributed by atoms with E-state index in [2.05, 4.69) is 0 Å². The number of aliphatic hydroxyl groups excluding tert-OH is 1. The second kappa shape index (κ2) is 4.41. The number of halogens is 2. The van der Waals surface area contributed by atoms with Gasteiger partial charge in [0, 0.05) is 11.9 Å². The fourth-order valence-corrected chi connectivity index (χ4v) is 1.92. The lowest BCUT2D eigenvalue weighted by Gasteiger charge is -2.24. The highest BCUT2D eigenvalue weighted by atomic mass is 35.5. The lowest BCUT2D eigenvalue weighted by atomic mass is 10.1. The van der Waals surface area contributed by atoms with Crippen molar-refractivity contribution in [2.45, 2.75) is 9.77 Å². The molecule has 90 valence electrons. The Bertz CT molecular complexity index is 487. The Morgan fingerprint density at radius 3 is 2.44 bits per heavy atom. The molecule has 0 saturated carbocycles. The van der Waals surface area contributed by atoms with Crippen molar-refractivity contribution in [3.05, 3.63) is 29.8 Å². The van der Waals surface area contributed by atoms with Gasteiger partial charge in [-0.1, -0.05) is 35.3 Å². The average molecular weight is 284 g/mol. The van der Waals surface area contributed by atoms with Crippen LogP contribution in [0.1, 0.15) is 11.7 Å². The number of hydrogen-bond donors (Lipinski definition) is 2. The van der Waals surface area contributed by atoms with E-state index in [4.69, 9.17) is 28.9 Å². The second-order valence-electron chi connectivity index (χ2n) is 3.41. The second-order valence-corrected chi connectivity index (χ2v) is 7.43. The van der Waals surface area contributed by atoms with Gasteiger partial charge in [-0.2, -0.15) is 0 Å². The molecule has 16 heavy (non-hydrogen) atoms. The summed E-state index contributed by atoms with van der Waals surface area (Å²) in [6.07, 6.45) is -0.711. The predicted molar refractivity (Wildman–Crippen MR) is 65.1 cm³/mol. The highest BCUT2D eigenvalue weighted by molar-refractivity contribution is 7.94. The summed E-state index contributed by atoms with van der Waals surface area (Å²) in [5.74, 6) is 0. The summed E-state index contributed by atoms with van der Waals surface area (Å²) in [4.78, 5) is 0. The molecule has 0 heterocycles.